The van der Waals surface area contributed by atoms with Crippen molar-refractivity contribution in [1.82, 2.24) is 9.62 Å². The van der Waals surface area contributed by atoms with Crippen LogP contribution >= 0.6 is 0 Å². The van der Waals surface area contributed by atoms with E-state index >= 15 is 0 Å². The van der Waals surface area contributed by atoms with Crippen LogP contribution < -0.4 is 10.0 Å². The van der Waals surface area contributed by atoms with E-state index in [-0.39, 0.29) is 22.5 Å². The first kappa shape index (κ1) is 18.9. The van der Waals surface area contributed by atoms with E-state index in [0.717, 1.165) is 5.69 Å². The van der Waals surface area contributed by atoms with Crippen molar-refractivity contribution < 1.29 is 13.2 Å². The number of likely N-dealkylation sites (tertiary alicyclic amines) is 1. The normalized spacial score (nSPS) is 15.1. The molecule has 27 heavy (non-hydrogen) atoms. The summed E-state index contributed by atoms with van der Waals surface area (Å²) in [5, 5.41) is 11.9. The average Bonchev–Trinajstić information content (AvgIpc) is 2.69. The Hall–Kier alpha value is -2.89. The lowest BCUT2D eigenvalue weighted by Gasteiger charge is -2.32. The summed E-state index contributed by atoms with van der Waals surface area (Å²) >= 11 is 0. The number of carbonyl (C=O) groups is 1. The first-order valence-electron chi connectivity index (χ1n) is 8.62. The van der Waals surface area contributed by atoms with Gasteiger partial charge in [-0.15, -0.1) is 0 Å². The number of urea groups is 1. The van der Waals surface area contributed by atoms with E-state index in [0.29, 0.717) is 25.9 Å². The molecule has 0 radical (unpaired) electrons. The van der Waals surface area contributed by atoms with Gasteiger partial charge in [-0.1, -0.05) is 30.3 Å². The first-order chi connectivity index (χ1) is 13.0. The highest BCUT2D eigenvalue weighted by molar-refractivity contribution is 7.89. The standard InChI is InChI=1S/C19H20N4O3S/c20-14-15-6-4-5-9-18(15)27(25,26)22-17-10-12-23(13-11-17)19(24)21-16-7-2-1-3-8-16/h1-9,17,22H,10-13H2,(H,21,24). The number of nitrogens with zero attached hydrogens (tertiary/aromatic N) is 2. The molecule has 2 amide bonds. The minimum atomic E-state index is -3.78. The maximum absolute atomic E-state index is 12.6. The van der Waals surface area contributed by atoms with Gasteiger partial charge in [0.25, 0.3) is 0 Å². The van der Waals surface area contributed by atoms with Gasteiger partial charge in [-0.05, 0) is 37.1 Å². The second-order valence-corrected chi connectivity index (χ2v) is 7.97. The van der Waals surface area contributed by atoms with Gasteiger partial charge in [0.1, 0.15) is 6.07 Å². The van der Waals surface area contributed by atoms with Gasteiger partial charge in [0, 0.05) is 24.8 Å². The number of benzene rings is 2. The Balaban J connectivity index is 1.58. The third-order valence-electron chi connectivity index (χ3n) is 4.43. The molecule has 3 rings (SSSR count). The van der Waals surface area contributed by atoms with Crippen molar-refractivity contribution >= 4 is 21.7 Å². The maximum atomic E-state index is 12.6. The Morgan fingerprint density at radius 2 is 1.67 bits per heavy atom. The molecule has 2 N–H and O–H groups in total. The number of hydrogen-bond acceptors (Lipinski definition) is 4. The fourth-order valence-corrected chi connectivity index (χ4v) is 4.46. The minimum Gasteiger partial charge on any atom is -0.324 e. The van der Waals surface area contributed by atoms with Crippen molar-refractivity contribution in [3.05, 3.63) is 60.2 Å². The van der Waals surface area contributed by atoms with Crippen LogP contribution in [0.25, 0.3) is 0 Å². The molecule has 1 heterocycles. The molecule has 140 valence electrons. The highest BCUT2D eigenvalue weighted by atomic mass is 32.2. The Kier molecular flexibility index (Phi) is 5.74. The van der Waals surface area contributed by atoms with Gasteiger partial charge in [-0.25, -0.2) is 17.9 Å². The number of para-hydroxylation sites is 1. The molecule has 2 aromatic carbocycles. The summed E-state index contributed by atoms with van der Waals surface area (Å²) in [6.45, 7) is 0.900. The summed E-state index contributed by atoms with van der Waals surface area (Å²) in [5.41, 5.74) is 0.836. The van der Waals surface area contributed by atoms with Crippen LogP contribution in [0, 0.1) is 11.3 Å². The van der Waals surface area contributed by atoms with Crippen LogP contribution in [0.1, 0.15) is 18.4 Å². The number of hydrogen-bond donors (Lipinski definition) is 2. The Morgan fingerprint density at radius 3 is 2.33 bits per heavy atom. The van der Waals surface area contributed by atoms with E-state index < -0.39 is 10.0 Å². The molecule has 0 aromatic heterocycles. The van der Waals surface area contributed by atoms with Gasteiger partial charge in [-0.3, -0.25) is 0 Å². The van der Waals surface area contributed by atoms with E-state index in [4.69, 9.17) is 5.26 Å². The Bertz CT molecular complexity index is 946. The van der Waals surface area contributed by atoms with Gasteiger partial charge >= 0.3 is 6.03 Å². The molecule has 1 fully saturated rings. The monoisotopic (exact) mass is 384 g/mol. The van der Waals surface area contributed by atoms with Crippen LogP contribution in [0.3, 0.4) is 0 Å². The zero-order valence-electron chi connectivity index (χ0n) is 14.6. The molecular formula is C19H20N4O3S. The van der Waals surface area contributed by atoms with Gasteiger partial charge in [0.2, 0.25) is 10.0 Å². The molecule has 0 atom stereocenters. The fraction of sp³-hybridized carbons (Fsp3) is 0.263. The molecular weight excluding hydrogens is 364 g/mol. The number of nitriles is 1. The number of amides is 2. The largest absolute Gasteiger partial charge is 0.324 e. The lowest BCUT2D eigenvalue weighted by atomic mass is 10.1. The highest BCUT2D eigenvalue weighted by Crippen LogP contribution is 2.18. The number of rotatable bonds is 4. The number of sulfonamides is 1. The van der Waals surface area contributed by atoms with Gasteiger partial charge in [-0.2, -0.15) is 5.26 Å². The zero-order chi connectivity index (χ0) is 19.3. The third-order valence-corrected chi connectivity index (χ3v) is 6.00. The van der Waals surface area contributed by atoms with Crippen LogP contribution in [-0.2, 0) is 10.0 Å². The van der Waals surface area contributed by atoms with Crippen molar-refractivity contribution in [2.45, 2.75) is 23.8 Å². The molecule has 0 unspecified atom stereocenters. The molecule has 1 saturated heterocycles. The van der Waals surface area contributed by atoms with Crippen molar-refractivity contribution in [3.8, 4) is 6.07 Å². The topological polar surface area (TPSA) is 102 Å². The first-order valence-corrected chi connectivity index (χ1v) is 10.1. The van der Waals surface area contributed by atoms with E-state index in [9.17, 15) is 13.2 Å². The smallest absolute Gasteiger partial charge is 0.321 e. The Morgan fingerprint density at radius 1 is 1.04 bits per heavy atom. The number of anilines is 1. The molecule has 0 spiro atoms. The molecule has 8 heteroatoms. The van der Waals surface area contributed by atoms with Crippen LogP contribution in [-0.4, -0.2) is 38.5 Å². The molecule has 2 aromatic rings. The molecule has 0 saturated carbocycles. The van der Waals surface area contributed by atoms with E-state index in [1.807, 2.05) is 36.4 Å². The predicted octanol–water partition coefficient (Wildman–Crippen LogP) is 2.53. The number of piperidine rings is 1. The summed E-state index contributed by atoms with van der Waals surface area (Å²) in [4.78, 5) is 14.0. The minimum absolute atomic E-state index is 0.0169. The van der Waals surface area contributed by atoms with Crippen molar-refractivity contribution in [2.75, 3.05) is 18.4 Å². The zero-order valence-corrected chi connectivity index (χ0v) is 15.4. The second-order valence-electron chi connectivity index (χ2n) is 6.29. The van der Waals surface area contributed by atoms with Crippen LogP contribution in [0.4, 0.5) is 10.5 Å². The van der Waals surface area contributed by atoms with Gasteiger partial charge in [0.15, 0.2) is 0 Å². The van der Waals surface area contributed by atoms with E-state index in [1.54, 1.807) is 17.0 Å². The molecule has 7 nitrogen and oxygen atoms in total. The number of carbonyl (C=O) groups excluding carboxylic acids is 1. The van der Waals surface area contributed by atoms with Gasteiger partial charge < -0.3 is 10.2 Å². The van der Waals surface area contributed by atoms with Gasteiger partial charge in [0.05, 0.1) is 10.5 Å². The van der Waals surface area contributed by atoms with Crippen LogP contribution in [0.2, 0.25) is 0 Å². The van der Waals surface area contributed by atoms with Crippen molar-refractivity contribution in [1.29, 1.82) is 5.26 Å². The van der Waals surface area contributed by atoms with Crippen molar-refractivity contribution in [2.24, 2.45) is 0 Å². The lowest BCUT2D eigenvalue weighted by Crippen LogP contribution is -2.47. The SMILES string of the molecule is N#Cc1ccccc1S(=O)(=O)NC1CCN(C(=O)Nc2ccccc2)CC1. The van der Waals surface area contributed by atoms with Crippen LogP contribution in [0.15, 0.2) is 59.5 Å². The molecule has 0 bridgehead atoms. The van der Waals surface area contributed by atoms with E-state index in [1.165, 1.54) is 12.1 Å². The van der Waals surface area contributed by atoms with Crippen LogP contribution in [0.5, 0.6) is 0 Å². The lowest BCUT2D eigenvalue weighted by molar-refractivity contribution is 0.193. The number of nitrogens with one attached hydrogen (secondary N) is 2. The fourth-order valence-electron chi connectivity index (χ4n) is 3.00. The third kappa shape index (κ3) is 4.64. The van der Waals surface area contributed by atoms with E-state index in [2.05, 4.69) is 10.0 Å². The summed E-state index contributed by atoms with van der Waals surface area (Å²) in [7, 11) is -3.78. The maximum Gasteiger partial charge on any atom is 0.321 e. The molecule has 1 aliphatic rings. The van der Waals surface area contributed by atoms with Crippen molar-refractivity contribution in [3.63, 3.8) is 0 Å². The Labute approximate surface area is 158 Å². The average molecular weight is 384 g/mol. The summed E-state index contributed by atoms with van der Waals surface area (Å²) in [5.74, 6) is 0. The molecule has 1 aliphatic heterocycles. The predicted molar refractivity (Wildman–Crippen MR) is 102 cm³/mol. The highest BCUT2D eigenvalue weighted by Gasteiger charge is 2.27. The summed E-state index contributed by atoms with van der Waals surface area (Å²) in [6.07, 6.45) is 1.02. The second kappa shape index (κ2) is 8.20. The summed E-state index contributed by atoms with van der Waals surface area (Å²) < 4.78 is 27.8. The quantitative estimate of drug-likeness (QED) is 0.845. The summed E-state index contributed by atoms with van der Waals surface area (Å²) in [6, 6.07) is 16.7. The molecule has 0 aliphatic carbocycles.